The van der Waals surface area contributed by atoms with Crippen LogP contribution in [0.4, 0.5) is 0 Å². The third kappa shape index (κ3) is 1.94. The first kappa shape index (κ1) is 13.1. The molecule has 1 saturated carbocycles. The highest BCUT2D eigenvalue weighted by Gasteiger charge is 2.66. The molecule has 0 radical (unpaired) electrons. The highest BCUT2D eigenvalue weighted by Crippen LogP contribution is 2.69. The van der Waals surface area contributed by atoms with E-state index in [0.29, 0.717) is 12.5 Å². The maximum Gasteiger partial charge on any atom is 0.310 e. The monoisotopic (exact) mass is 246 g/mol. The Kier molecular flexibility index (Phi) is 3.74. The van der Waals surface area contributed by atoms with Crippen molar-refractivity contribution in [3.63, 3.8) is 0 Å². The molecule has 0 unspecified atom stereocenters. The Hall–Kier alpha value is -1.31. The first-order valence-electron chi connectivity index (χ1n) is 6.92. The molecule has 1 aromatic carbocycles. The van der Waals surface area contributed by atoms with Gasteiger partial charge in [0.1, 0.15) is 0 Å². The zero-order valence-corrected chi connectivity index (χ0v) is 11.5. The summed E-state index contributed by atoms with van der Waals surface area (Å²) in [7, 11) is 0. The summed E-state index contributed by atoms with van der Waals surface area (Å²) in [4.78, 5) is 12.1. The van der Waals surface area contributed by atoms with Crippen LogP contribution in [-0.4, -0.2) is 12.6 Å². The van der Waals surface area contributed by atoms with Crippen molar-refractivity contribution in [2.45, 2.75) is 39.5 Å². The van der Waals surface area contributed by atoms with E-state index < -0.39 is 0 Å². The Morgan fingerprint density at radius 1 is 1.17 bits per heavy atom. The van der Waals surface area contributed by atoms with Gasteiger partial charge in [-0.05, 0) is 30.7 Å². The van der Waals surface area contributed by atoms with Crippen molar-refractivity contribution in [1.82, 2.24) is 0 Å². The van der Waals surface area contributed by atoms with Crippen molar-refractivity contribution in [3.8, 4) is 0 Å². The van der Waals surface area contributed by atoms with E-state index in [0.717, 1.165) is 12.8 Å². The molecule has 0 aromatic heterocycles. The second-order valence-electron chi connectivity index (χ2n) is 5.06. The normalized spacial score (nSPS) is 24.6. The van der Waals surface area contributed by atoms with E-state index in [1.54, 1.807) is 0 Å². The number of benzene rings is 1. The number of hydrogen-bond donors (Lipinski definition) is 0. The second-order valence-corrected chi connectivity index (χ2v) is 5.06. The summed E-state index contributed by atoms with van der Waals surface area (Å²) < 4.78 is 5.24. The first-order chi connectivity index (χ1) is 8.71. The van der Waals surface area contributed by atoms with Gasteiger partial charge in [-0.1, -0.05) is 44.2 Å². The molecule has 0 N–H and O–H groups in total. The van der Waals surface area contributed by atoms with Crippen LogP contribution in [0.15, 0.2) is 30.3 Å². The number of ether oxygens (including phenoxy) is 1. The Morgan fingerprint density at radius 3 is 2.28 bits per heavy atom. The molecule has 0 amide bonds. The van der Waals surface area contributed by atoms with E-state index in [-0.39, 0.29) is 17.3 Å². The first-order valence-corrected chi connectivity index (χ1v) is 6.92. The minimum absolute atomic E-state index is 0.0185. The van der Waals surface area contributed by atoms with Crippen molar-refractivity contribution in [2.75, 3.05) is 6.61 Å². The molecule has 2 rings (SSSR count). The smallest absolute Gasteiger partial charge is 0.310 e. The van der Waals surface area contributed by atoms with Crippen LogP contribution in [0.2, 0.25) is 0 Å². The molecule has 0 aliphatic heterocycles. The summed E-state index contributed by atoms with van der Waals surface area (Å²) in [5.74, 6) is 0.373. The van der Waals surface area contributed by atoms with Crippen molar-refractivity contribution < 1.29 is 9.53 Å². The molecule has 1 aliphatic rings. The SMILES string of the molecule is CCOC(=O)[C@@H]1[C@@H](c2ccccc2)C1(CC)CC. The lowest BCUT2D eigenvalue weighted by Crippen LogP contribution is -2.12. The number of carbonyl (C=O) groups excluding carboxylic acids is 1. The van der Waals surface area contributed by atoms with Crippen LogP contribution in [-0.2, 0) is 9.53 Å². The van der Waals surface area contributed by atoms with Gasteiger partial charge in [0.05, 0.1) is 12.5 Å². The van der Waals surface area contributed by atoms with Crippen LogP contribution >= 0.6 is 0 Å². The Labute approximate surface area is 109 Å². The van der Waals surface area contributed by atoms with Gasteiger partial charge in [-0.2, -0.15) is 0 Å². The fourth-order valence-corrected chi connectivity index (χ4v) is 3.41. The topological polar surface area (TPSA) is 26.3 Å². The highest BCUT2D eigenvalue weighted by molar-refractivity contribution is 5.79. The van der Waals surface area contributed by atoms with Crippen molar-refractivity contribution in [2.24, 2.45) is 11.3 Å². The van der Waals surface area contributed by atoms with Gasteiger partial charge < -0.3 is 4.74 Å². The Morgan fingerprint density at radius 2 is 1.78 bits per heavy atom. The fourth-order valence-electron chi connectivity index (χ4n) is 3.41. The lowest BCUT2D eigenvalue weighted by Gasteiger charge is -2.12. The summed E-state index contributed by atoms with van der Waals surface area (Å²) in [5, 5.41) is 0. The molecule has 0 bridgehead atoms. The summed E-state index contributed by atoms with van der Waals surface area (Å²) in [5.41, 5.74) is 1.40. The largest absolute Gasteiger partial charge is 0.466 e. The second kappa shape index (κ2) is 5.13. The third-order valence-electron chi connectivity index (χ3n) is 4.48. The predicted octanol–water partition coefficient (Wildman–Crippen LogP) is 3.77. The molecule has 0 spiro atoms. The van der Waals surface area contributed by atoms with Crippen LogP contribution < -0.4 is 0 Å². The van der Waals surface area contributed by atoms with Gasteiger partial charge in [-0.3, -0.25) is 4.79 Å². The van der Waals surface area contributed by atoms with Crippen molar-refractivity contribution in [3.05, 3.63) is 35.9 Å². The molecule has 1 aliphatic carbocycles. The zero-order chi connectivity index (χ0) is 13.2. The third-order valence-corrected chi connectivity index (χ3v) is 4.48. The maximum absolute atomic E-state index is 12.1. The summed E-state index contributed by atoms with van der Waals surface area (Å²) in [6.45, 7) is 6.70. The molecule has 0 saturated heterocycles. The van der Waals surface area contributed by atoms with Gasteiger partial charge in [0.25, 0.3) is 0 Å². The van der Waals surface area contributed by atoms with Gasteiger partial charge >= 0.3 is 5.97 Å². The van der Waals surface area contributed by atoms with E-state index in [1.165, 1.54) is 5.56 Å². The molecule has 2 atom stereocenters. The van der Waals surface area contributed by atoms with Gasteiger partial charge in [0.2, 0.25) is 0 Å². The van der Waals surface area contributed by atoms with Gasteiger partial charge in [-0.25, -0.2) is 0 Å². The average Bonchev–Trinajstić information content (AvgIpc) is 3.09. The molecule has 1 fully saturated rings. The number of rotatable bonds is 5. The van der Waals surface area contributed by atoms with E-state index in [9.17, 15) is 4.79 Å². The minimum atomic E-state index is -0.0185. The molecule has 98 valence electrons. The van der Waals surface area contributed by atoms with Gasteiger partial charge in [0, 0.05) is 5.92 Å². The van der Waals surface area contributed by atoms with Crippen LogP contribution in [0.3, 0.4) is 0 Å². The number of hydrogen-bond acceptors (Lipinski definition) is 2. The van der Waals surface area contributed by atoms with Crippen molar-refractivity contribution >= 4 is 5.97 Å². The molecule has 18 heavy (non-hydrogen) atoms. The van der Waals surface area contributed by atoms with Crippen molar-refractivity contribution in [1.29, 1.82) is 0 Å². The zero-order valence-electron chi connectivity index (χ0n) is 11.5. The number of carbonyl (C=O) groups is 1. The van der Waals surface area contributed by atoms with E-state index in [2.05, 4.69) is 26.0 Å². The summed E-state index contributed by atoms with van der Waals surface area (Å²) >= 11 is 0. The van der Waals surface area contributed by atoms with Gasteiger partial charge in [0.15, 0.2) is 0 Å². The van der Waals surface area contributed by atoms with E-state index >= 15 is 0 Å². The lowest BCUT2D eigenvalue weighted by molar-refractivity contribution is -0.145. The van der Waals surface area contributed by atoms with Crippen LogP contribution in [0.5, 0.6) is 0 Å². The number of esters is 1. The average molecular weight is 246 g/mol. The molecule has 0 heterocycles. The lowest BCUT2D eigenvalue weighted by atomic mass is 9.93. The van der Waals surface area contributed by atoms with Gasteiger partial charge in [-0.15, -0.1) is 0 Å². The molecule has 2 heteroatoms. The molecule has 2 nitrogen and oxygen atoms in total. The highest BCUT2D eigenvalue weighted by atomic mass is 16.5. The predicted molar refractivity (Wildman–Crippen MR) is 72.3 cm³/mol. The van der Waals surface area contributed by atoms with E-state index in [4.69, 9.17) is 4.74 Å². The molecular weight excluding hydrogens is 224 g/mol. The van der Waals surface area contributed by atoms with Crippen LogP contribution in [0.1, 0.15) is 45.1 Å². The summed E-state index contributed by atoms with van der Waals surface area (Å²) in [6, 6.07) is 10.4. The maximum atomic E-state index is 12.1. The molecule has 1 aromatic rings. The van der Waals surface area contributed by atoms with Crippen LogP contribution in [0, 0.1) is 11.3 Å². The van der Waals surface area contributed by atoms with Crippen LogP contribution in [0.25, 0.3) is 0 Å². The Bertz CT molecular complexity index is 406. The fraction of sp³-hybridized carbons (Fsp3) is 0.562. The minimum Gasteiger partial charge on any atom is -0.466 e. The Balaban J connectivity index is 2.26. The summed E-state index contributed by atoms with van der Waals surface area (Å²) in [6.07, 6.45) is 2.07. The molecular formula is C16H22O2. The quantitative estimate of drug-likeness (QED) is 0.739. The van der Waals surface area contributed by atoms with E-state index in [1.807, 2.05) is 25.1 Å². The standard InChI is InChI=1S/C16H22O2/c1-4-16(5-2)13(12-10-8-7-9-11-12)14(16)15(17)18-6-3/h7-11,13-14H,4-6H2,1-3H3/t13-,14+/m1/s1.